The number of hydrogen-bond donors (Lipinski definition) is 0. The number of hydrogen-bond acceptors (Lipinski definition) is 4. The summed E-state index contributed by atoms with van der Waals surface area (Å²) in [5.41, 5.74) is 0.304. The Morgan fingerprint density at radius 1 is 1.12 bits per heavy atom. The number of carbonyl (C=O) groups is 3. The van der Waals surface area contributed by atoms with Crippen LogP contribution in [0.1, 0.15) is 23.2 Å². The van der Waals surface area contributed by atoms with Crippen LogP contribution >= 0.6 is 22.6 Å². The molecule has 1 fully saturated rings. The molecule has 5 nitrogen and oxygen atoms in total. The van der Waals surface area contributed by atoms with Crippen LogP contribution in [-0.2, 0) is 14.4 Å². The van der Waals surface area contributed by atoms with Crippen molar-refractivity contribution in [2.45, 2.75) is 12.8 Å². The van der Waals surface area contributed by atoms with E-state index < -0.39 is 17.8 Å². The topological polar surface area (TPSA) is 63.7 Å². The summed E-state index contributed by atoms with van der Waals surface area (Å²) in [7, 11) is 0. The van der Waals surface area contributed by atoms with Gasteiger partial charge in [0, 0.05) is 16.4 Å². The molecule has 0 N–H and O–H groups in total. The molecule has 0 unspecified atom stereocenters. The van der Waals surface area contributed by atoms with Crippen molar-refractivity contribution in [3.05, 3.63) is 33.4 Å². The SMILES string of the molecule is O=C(ON1C(=O)CCC1=O)c1ccc(I)cc1. The second-order valence-electron chi connectivity index (χ2n) is 3.47. The fourth-order valence-electron chi connectivity index (χ4n) is 1.38. The molecule has 17 heavy (non-hydrogen) atoms. The van der Waals surface area contributed by atoms with E-state index in [1.807, 2.05) is 0 Å². The summed E-state index contributed by atoms with van der Waals surface area (Å²) in [5.74, 6) is -1.66. The van der Waals surface area contributed by atoms with Crippen molar-refractivity contribution in [1.29, 1.82) is 0 Å². The minimum atomic E-state index is -0.704. The third-order valence-electron chi connectivity index (χ3n) is 2.26. The molecule has 0 aromatic heterocycles. The van der Waals surface area contributed by atoms with Crippen LogP contribution < -0.4 is 0 Å². The summed E-state index contributed by atoms with van der Waals surface area (Å²) >= 11 is 2.11. The van der Waals surface area contributed by atoms with E-state index in [-0.39, 0.29) is 12.8 Å². The van der Waals surface area contributed by atoms with Crippen molar-refractivity contribution in [3.8, 4) is 0 Å². The predicted molar refractivity (Wildman–Crippen MR) is 65.7 cm³/mol. The van der Waals surface area contributed by atoms with Crippen LogP contribution in [-0.4, -0.2) is 22.8 Å². The molecule has 2 amide bonds. The Morgan fingerprint density at radius 3 is 2.18 bits per heavy atom. The molecule has 0 saturated carbocycles. The van der Waals surface area contributed by atoms with Gasteiger partial charge >= 0.3 is 5.97 Å². The quantitative estimate of drug-likeness (QED) is 0.602. The van der Waals surface area contributed by atoms with Gasteiger partial charge in [0.1, 0.15) is 0 Å². The molecular weight excluding hydrogens is 337 g/mol. The second kappa shape index (κ2) is 4.82. The van der Waals surface area contributed by atoms with Crippen LogP contribution in [0.2, 0.25) is 0 Å². The van der Waals surface area contributed by atoms with Gasteiger partial charge < -0.3 is 4.84 Å². The molecule has 6 heteroatoms. The summed E-state index contributed by atoms with van der Waals surface area (Å²) < 4.78 is 0.979. The third-order valence-corrected chi connectivity index (χ3v) is 2.98. The number of carbonyl (C=O) groups excluding carboxylic acids is 3. The predicted octanol–water partition coefficient (Wildman–Crippen LogP) is 1.51. The largest absolute Gasteiger partial charge is 0.363 e. The summed E-state index contributed by atoms with van der Waals surface area (Å²) in [5, 5.41) is 0.542. The number of nitrogens with zero attached hydrogens (tertiary/aromatic N) is 1. The molecule has 0 bridgehead atoms. The maximum Gasteiger partial charge on any atom is 0.363 e. The van der Waals surface area contributed by atoms with Gasteiger partial charge in [-0.05, 0) is 46.9 Å². The molecule has 0 aliphatic carbocycles. The monoisotopic (exact) mass is 345 g/mol. The van der Waals surface area contributed by atoms with E-state index >= 15 is 0 Å². The minimum absolute atomic E-state index is 0.0960. The molecule has 2 rings (SSSR count). The highest BCUT2D eigenvalue weighted by Gasteiger charge is 2.33. The van der Waals surface area contributed by atoms with E-state index in [9.17, 15) is 14.4 Å². The first-order valence-corrected chi connectivity index (χ1v) is 5.99. The van der Waals surface area contributed by atoms with Crippen molar-refractivity contribution < 1.29 is 19.2 Å². The molecule has 88 valence electrons. The van der Waals surface area contributed by atoms with Crippen LogP contribution in [0.25, 0.3) is 0 Å². The minimum Gasteiger partial charge on any atom is -0.325 e. The molecular formula is C11H8INO4. The van der Waals surface area contributed by atoms with E-state index in [1.165, 1.54) is 0 Å². The van der Waals surface area contributed by atoms with Gasteiger partial charge in [0.25, 0.3) is 11.8 Å². The van der Waals surface area contributed by atoms with Crippen molar-refractivity contribution in [2.24, 2.45) is 0 Å². The Morgan fingerprint density at radius 2 is 1.65 bits per heavy atom. The smallest absolute Gasteiger partial charge is 0.325 e. The fourth-order valence-corrected chi connectivity index (χ4v) is 1.74. The molecule has 1 heterocycles. The molecule has 1 aliphatic rings. The lowest BCUT2D eigenvalue weighted by Crippen LogP contribution is -2.32. The second-order valence-corrected chi connectivity index (χ2v) is 4.71. The fraction of sp³-hybridized carbons (Fsp3) is 0.182. The summed E-state index contributed by atoms with van der Waals surface area (Å²) in [4.78, 5) is 38.9. The number of hydroxylamine groups is 2. The highest BCUT2D eigenvalue weighted by Crippen LogP contribution is 2.14. The van der Waals surface area contributed by atoms with Crippen molar-refractivity contribution in [3.63, 3.8) is 0 Å². The Bertz CT molecular complexity index is 467. The van der Waals surface area contributed by atoms with Gasteiger partial charge in [-0.25, -0.2) is 4.79 Å². The van der Waals surface area contributed by atoms with Gasteiger partial charge in [0.15, 0.2) is 0 Å². The molecule has 1 aromatic rings. The molecule has 1 aliphatic heterocycles. The molecule has 0 spiro atoms. The number of amides is 2. The molecule has 0 radical (unpaired) electrons. The van der Waals surface area contributed by atoms with E-state index in [2.05, 4.69) is 22.6 Å². The van der Waals surface area contributed by atoms with Crippen LogP contribution in [0.3, 0.4) is 0 Å². The first-order chi connectivity index (χ1) is 8.08. The Kier molecular flexibility index (Phi) is 3.41. The van der Waals surface area contributed by atoms with Crippen molar-refractivity contribution in [1.82, 2.24) is 5.06 Å². The zero-order chi connectivity index (χ0) is 12.4. The highest BCUT2D eigenvalue weighted by atomic mass is 127. The van der Waals surface area contributed by atoms with Crippen LogP contribution in [0, 0.1) is 3.57 Å². The van der Waals surface area contributed by atoms with Gasteiger partial charge in [-0.3, -0.25) is 9.59 Å². The normalized spacial score (nSPS) is 15.2. The Labute approximate surface area is 111 Å². The average Bonchev–Trinajstić information content (AvgIpc) is 2.61. The van der Waals surface area contributed by atoms with Gasteiger partial charge in [-0.2, -0.15) is 0 Å². The van der Waals surface area contributed by atoms with Gasteiger partial charge in [0.05, 0.1) is 5.56 Å². The number of imide groups is 1. The standard InChI is InChI=1S/C11H8INO4/c12-8-3-1-7(2-4-8)11(16)17-13-9(14)5-6-10(13)15/h1-4H,5-6H2. The van der Waals surface area contributed by atoms with E-state index in [1.54, 1.807) is 24.3 Å². The Balaban J connectivity index is 2.09. The summed E-state index contributed by atoms with van der Waals surface area (Å²) in [6, 6.07) is 6.64. The highest BCUT2D eigenvalue weighted by molar-refractivity contribution is 14.1. The van der Waals surface area contributed by atoms with E-state index in [0.29, 0.717) is 10.6 Å². The van der Waals surface area contributed by atoms with Crippen LogP contribution in [0.15, 0.2) is 24.3 Å². The number of rotatable bonds is 2. The lowest BCUT2D eigenvalue weighted by molar-refractivity contribution is -0.172. The maximum absolute atomic E-state index is 11.6. The Hall–Kier alpha value is -1.44. The number of halogens is 1. The van der Waals surface area contributed by atoms with Gasteiger partial charge in [-0.1, -0.05) is 0 Å². The van der Waals surface area contributed by atoms with Gasteiger partial charge in [0.2, 0.25) is 0 Å². The van der Waals surface area contributed by atoms with E-state index in [4.69, 9.17) is 4.84 Å². The zero-order valence-electron chi connectivity index (χ0n) is 8.68. The van der Waals surface area contributed by atoms with Crippen molar-refractivity contribution in [2.75, 3.05) is 0 Å². The molecule has 0 atom stereocenters. The zero-order valence-corrected chi connectivity index (χ0v) is 10.8. The van der Waals surface area contributed by atoms with Gasteiger partial charge in [-0.15, -0.1) is 5.06 Å². The summed E-state index contributed by atoms with van der Waals surface area (Å²) in [6.45, 7) is 0. The average molecular weight is 345 g/mol. The van der Waals surface area contributed by atoms with Crippen LogP contribution in [0.4, 0.5) is 0 Å². The number of benzene rings is 1. The molecule has 1 aromatic carbocycles. The maximum atomic E-state index is 11.6. The lowest BCUT2D eigenvalue weighted by Gasteiger charge is -2.12. The summed E-state index contributed by atoms with van der Waals surface area (Å²) in [6.07, 6.45) is 0.192. The first kappa shape index (κ1) is 12.0. The van der Waals surface area contributed by atoms with Crippen molar-refractivity contribution >= 4 is 40.4 Å². The first-order valence-electron chi connectivity index (χ1n) is 4.91. The third kappa shape index (κ3) is 2.63. The van der Waals surface area contributed by atoms with E-state index in [0.717, 1.165) is 3.57 Å². The molecule has 1 saturated heterocycles. The van der Waals surface area contributed by atoms with Crippen LogP contribution in [0.5, 0.6) is 0 Å². The lowest BCUT2D eigenvalue weighted by atomic mass is 10.2.